The van der Waals surface area contributed by atoms with Crippen LogP contribution in [0, 0.1) is 11.8 Å². The first-order valence-electron chi connectivity index (χ1n) is 10.4. The third-order valence-corrected chi connectivity index (χ3v) is 6.37. The summed E-state index contributed by atoms with van der Waals surface area (Å²) in [6.07, 6.45) is 1.26. The molecule has 7 nitrogen and oxygen atoms in total. The standard InChI is InChI=1S/C23H29N3O4/c1-4-13-8-10-14(11-9-13)20-19-16(23(27)28)12-17(24-22(19)26-25-20)15-6-5-7-18(29-2)21(15)30-3/h5-11,16-17,19-20,22,24-26H,4,12H2,1-3H3,(H,27,28). The molecule has 0 amide bonds. The number of carboxylic acids is 1. The highest BCUT2D eigenvalue weighted by Gasteiger charge is 2.49. The zero-order valence-electron chi connectivity index (χ0n) is 17.5. The third kappa shape index (κ3) is 3.64. The number of rotatable bonds is 6. The van der Waals surface area contributed by atoms with Crippen molar-refractivity contribution in [1.82, 2.24) is 16.2 Å². The molecule has 5 unspecified atom stereocenters. The number of hydrogen-bond donors (Lipinski definition) is 4. The van der Waals surface area contributed by atoms with Gasteiger partial charge in [0.2, 0.25) is 0 Å². The molecular weight excluding hydrogens is 382 g/mol. The van der Waals surface area contributed by atoms with Crippen molar-refractivity contribution < 1.29 is 19.4 Å². The second-order valence-electron chi connectivity index (χ2n) is 7.90. The Labute approximate surface area is 176 Å². The predicted molar refractivity (Wildman–Crippen MR) is 113 cm³/mol. The summed E-state index contributed by atoms with van der Waals surface area (Å²) in [6, 6.07) is 13.9. The van der Waals surface area contributed by atoms with Crippen molar-refractivity contribution in [1.29, 1.82) is 0 Å². The summed E-state index contributed by atoms with van der Waals surface area (Å²) in [7, 11) is 3.20. The summed E-state index contributed by atoms with van der Waals surface area (Å²) >= 11 is 0. The molecule has 0 aromatic heterocycles. The Morgan fingerprint density at radius 3 is 2.50 bits per heavy atom. The van der Waals surface area contributed by atoms with Crippen molar-refractivity contribution in [3.8, 4) is 11.5 Å². The van der Waals surface area contributed by atoms with Crippen LogP contribution < -0.4 is 25.6 Å². The molecular formula is C23H29N3O4. The van der Waals surface area contributed by atoms with Gasteiger partial charge in [-0.05, 0) is 30.0 Å². The number of aliphatic carboxylic acids is 1. The molecule has 0 saturated carbocycles. The van der Waals surface area contributed by atoms with Gasteiger partial charge in [-0.1, -0.05) is 43.3 Å². The Morgan fingerprint density at radius 1 is 1.10 bits per heavy atom. The van der Waals surface area contributed by atoms with E-state index in [2.05, 4.69) is 47.4 Å². The van der Waals surface area contributed by atoms with Crippen LogP contribution in [0.2, 0.25) is 0 Å². The summed E-state index contributed by atoms with van der Waals surface area (Å²) in [6.45, 7) is 2.12. The monoisotopic (exact) mass is 411 g/mol. The van der Waals surface area contributed by atoms with Crippen molar-refractivity contribution in [3.63, 3.8) is 0 Å². The van der Waals surface area contributed by atoms with Crippen molar-refractivity contribution in [2.45, 2.75) is 38.0 Å². The SMILES string of the molecule is CCc1ccc(C2NNC3NC(c4cccc(OC)c4OC)CC(C(=O)O)C32)cc1. The van der Waals surface area contributed by atoms with Crippen LogP contribution in [-0.2, 0) is 11.2 Å². The van der Waals surface area contributed by atoms with Gasteiger partial charge in [0.25, 0.3) is 0 Å². The number of hydrazine groups is 1. The average molecular weight is 412 g/mol. The number of fused-ring (bicyclic) bond motifs is 1. The Hall–Kier alpha value is -2.61. The molecule has 5 atom stereocenters. The maximum Gasteiger partial charge on any atom is 0.307 e. The first kappa shape index (κ1) is 20.7. The lowest BCUT2D eigenvalue weighted by Gasteiger charge is -2.39. The number of aryl methyl sites for hydroxylation is 1. The fraction of sp³-hybridized carbons (Fsp3) is 0.435. The molecule has 2 aliphatic rings. The van der Waals surface area contributed by atoms with E-state index in [0.29, 0.717) is 17.9 Å². The highest BCUT2D eigenvalue weighted by atomic mass is 16.5. The number of hydrogen-bond acceptors (Lipinski definition) is 6. The summed E-state index contributed by atoms with van der Waals surface area (Å²) < 4.78 is 11.0. The lowest BCUT2D eigenvalue weighted by molar-refractivity contribution is -0.146. The second kappa shape index (κ2) is 8.63. The van der Waals surface area contributed by atoms with Crippen molar-refractivity contribution in [3.05, 3.63) is 59.2 Å². The lowest BCUT2D eigenvalue weighted by atomic mass is 9.74. The van der Waals surface area contributed by atoms with Gasteiger partial charge in [0.05, 0.1) is 32.3 Å². The van der Waals surface area contributed by atoms with Gasteiger partial charge in [0.1, 0.15) is 0 Å². The number of carboxylic acid groups (broad SMARTS) is 1. The highest BCUT2D eigenvalue weighted by molar-refractivity contribution is 5.71. The van der Waals surface area contributed by atoms with E-state index in [4.69, 9.17) is 9.47 Å². The minimum absolute atomic E-state index is 0.0809. The van der Waals surface area contributed by atoms with Gasteiger partial charge in [-0.25, -0.2) is 10.9 Å². The lowest BCUT2D eigenvalue weighted by Crippen LogP contribution is -2.53. The fourth-order valence-corrected chi connectivity index (χ4v) is 4.81. The van der Waals surface area contributed by atoms with Crippen LogP contribution in [0.15, 0.2) is 42.5 Å². The van der Waals surface area contributed by atoms with Crippen LogP contribution in [-0.4, -0.2) is 31.5 Å². The molecule has 2 aromatic carbocycles. The van der Waals surface area contributed by atoms with Crippen LogP contribution in [0.4, 0.5) is 0 Å². The summed E-state index contributed by atoms with van der Waals surface area (Å²) in [5.74, 6) is -0.146. The molecule has 0 bridgehead atoms. The molecule has 160 valence electrons. The van der Waals surface area contributed by atoms with Crippen molar-refractivity contribution in [2.24, 2.45) is 11.8 Å². The largest absolute Gasteiger partial charge is 0.493 e. The molecule has 0 aliphatic carbocycles. The average Bonchev–Trinajstić information content (AvgIpc) is 3.21. The number of benzene rings is 2. The number of methoxy groups -OCH3 is 2. The minimum atomic E-state index is -0.779. The number of carbonyl (C=O) groups is 1. The Morgan fingerprint density at radius 2 is 1.87 bits per heavy atom. The number of ether oxygens (including phenoxy) is 2. The maximum absolute atomic E-state index is 12.3. The topological polar surface area (TPSA) is 91.9 Å². The van der Waals surface area contributed by atoms with Crippen LogP contribution in [0.5, 0.6) is 11.5 Å². The molecule has 4 rings (SSSR count). The van der Waals surface area contributed by atoms with E-state index in [1.165, 1.54) is 5.56 Å². The predicted octanol–water partition coefficient (Wildman–Crippen LogP) is 2.79. The van der Waals surface area contributed by atoms with Gasteiger partial charge in [-0.3, -0.25) is 10.1 Å². The summed E-state index contributed by atoms with van der Waals surface area (Å²) in [5, 5.41) is 13.7. The molecule has 30 heavy (non-hydrogen) atoms. The first-order chi connectivity index (χ1) is 14.6. The number of piperidine rings is 1. The van der Waals surface area contributed by atoms with Crippen molar-refractivity contribution in [2.75, 3.05) is 14.2 Å². The zero-order chi connectivity index (χ0) is 21.3. The van der Waals surface area contributed by atoms with E-state index >= 15 is 0 Å². The minimum Gasteiger partial charge on any atom is -0.493 e. The molecule has 2 aliphatic heterocycles. The quantitative estimate of drug-likeness (QED) is 0.581. The number of para-hydroxylation sites is 1. The number of nitrogens with one attached hydrogen (secondary N) is 3. The zero-order valence-corrected chi connectivity index (χ0v) is 17.5. The molecule has 0 spiro atoms. The van der Waals surface area contributed by atoms with E-state index < -0.39 is 11.9 Å². The van der Waals surface area contributed by atoms with E-state index in [0.717, 1.165) is 17.5 Å². The van der Waals surface area contributed by atoms with E-state index in [1.54, 1.807) is 14.2 Å². The van der Waals surface area contributed by atoms with Crippen LogP contribution in [0.3, 0.4) is 0 Å². The van der Waals surface area contributed by atoms with Crippen molar-refractivity contribution >= 4 is 5.97 Å². The van der Waals surface area contributed by atoms with Gasteiger partial charge in [-0.2, -0.15) is 0 Å². The molecule has 2 fully saturated rings. The first-order valence-corrected chi connectivity index (χ1v) is 10.4. The Balaban J connectivity index is 1.64. The molecule has 0 radical (unpaired) electrons. The van der Waals surface area contributed by atoms with Crippen LogP contribution >= 0.6 is 0 Å². The molecule has 2 saturated heterocycles. The molecule has 4 N–H and O–H groups in total. The van der Waals surface area contributed by atoms with E-state index in [-0.39, 0.29) is 24.2 Å². The Kier molecular flexibility index (Phi) is 5.94. The van der Waals surface area contributed by atoms with Crippen LogP contribution in [0.25, 0.3) is 0 Å². The summed E-state index contributed by atoms with van der Waals surface area (Å²) in [4.78, 5) is 12.3. The second-order valence-corrected chi connectivity index (χ2v) is 7.90. The normalized spacial score (nSPS) is 28.0. The molecule has 2 aromatic rings. The highest BCUT2D eigenvalue weighted by Crippen LogP contribution is 2.45. The molecule has 7 heteroatoms. The van der Waals surface area contributed by atoms with Gasteiger partial charge in [-0.15, -0.1) is 0 Å². The fourth-order valence-electron chi connectivity index (χ4n) is 4.81. The maximum atomic E-state index is 12.3. The molecule has 2 heterocycles. The van der Waals surface area contributed by atoms with Gasteiger partial charge >= 0.3 is 5.97 Å². The van der Waals surface area contributed by atoms with E-state index in [1.807, 2.05) is 18.2 Å². The summed E-state index contributed by atoms with van der Waals surface area (Å²) in [5.41, 5.74) is 9.88. The van der Waals surface area contributed by atoms with Gasteiger partial charge in [0, 0.05) is 17.5 Å². The van der Waals surface area contributed by atoms with Crippen LogP contribution in [0.1, 0.15) is 42.1 Å². The van der Waals surface area contributed by atoms with Gasteiger partial charge in [0.15, 0.2) is 11.5 Å². The third-order valence-electron chi connectivity index (χ3n) is 6.37. The van der Waals surface area contributed by atoms with E-state index in [9.17, 15) is 9.90 Å². The Bertz CT molecular complexity index is 902. The van der Waals surface area contributed by atoms with Gasteiger partial charge < -0.3 is 14.6 Å². The smallest absolute Gasteiger partial charge is 0.307 e.